The third kappa shape index (κ3) is 3.24. The quantitative estimate of drug-likeness (QED) is 0.625. The van der Waals surface area contributed by atoms with Crippen molar-refractivity contribution in [3.05, 3.63) is 68.5 Å². The maximum Gasteiger partial charge on any atom is 0.269 e. The number of halogens is 2. The number of nitrogens with zero attached hydrogens (tertiary/aromatic N) is 1. The fourth-order valence-electron chi connectivity index (χ4n) is 1.65. The molecule has 0 atom stereocenters. The molecule has 0 aliphatic rings. The van der Waals surface area contributed by atoms with Gasteiger partial charge in [0.2, 0.25) is 0 Å². The van der Waals surface area contributed by atoms with Crippen molar-refractivity contribution in [3.8, 4) is 5.75 Å². The second-order valence-electron chi connectivity index (χ2n) is 4.23. The van der Waals surface area contributed by atoms with Crippen molar-refractivity contribution in [1.29, 1.82) is 0 Å². The SMILES string of the molecule is Cc1cc(OCc2cc([N+](=O)[O-])ccc2Cl)ccc1F. The van der Waals surface area contributed by atoms with Gasteiger partial charge in [0.15, 0.2) is 0 Å². The fraction of sp³-hybridized carbons (Fsp3) is 0.143. The fourth-order valence-corrected chi connectivity index (χ4v) is 1.83. The molecule has 0 spiro atoms. The molecule has 0 amide bonds. The minimum atomic E-state index is -0.498. The Balaban J connectivity index is 2.15. The standard InChI is InChI=1S/C14H11ClFNO3/c1-9-6-12(3-5-14(9)16)20-8-10-7-11(17(18)19)2-4-13(10)15/h2-7H,8H2,1H3. The third-order valence-electron chi connectivity index (χ3n) is 2.76. The molecule has 0 aromatic heterocycles. The lowest BCUT2D eigenvalue weighted by Gasteiger charge is -2.08. The number of nitro benzene ring substituents is 1. The predicted octanol–water partition coefficient (Wildman–Crippen LogP) is 4.27. The summed E-state index contributed by atoms with van der Waals surface area (Å²) in [5.74, 6) is 0.164. The van der Waals surface area contributed by atoms with Crippen molar-refractivity contribution >= 4 is 17.3 Å². The summed E-state index contributed by atoms with van der Waals surface area (Å²) in [5.41, 5.74) is 0.916. The number of hydrogen-bond acceptors (Lipinski definition) is 3. The van der Waals surface area contributed by atoms with Gasteiger partial charge in [0.1, 0.15) is 18.2 Å². The van der Waals surface area contributed by atoms with E-state index in [0.717, 1.165) is 0 Å². The van der Waals surface area contributed by atoms with E-state index in [1.807, 2.05) is 0 Å². The number of aryl methyl sites for hydroxylation is 1. The highest BCUT2D eigenvalue weighted by Gasteiger charge is 2.10. The van der Waals surface area contributed by atoms with Crippen molar-refractivity contribution < 1.29 is 14.1 Å². The smallest absolute Gasteiger partial charge is 0.269 e. The molecule has 0 heterocycles. The molecule has 104 valence electrons. The number of hydrogen-bond donors (Lipinski definition) is 0. The number of ether oxygens (including phenoxy) is 1. The van der Waals surface area contributed by atoms with Crippen LogP contribution in [0.1, 0.15) is 11.1 Å². The van der Waals surface area contributed by atoms with Gasteiger partial charge in [-0.2, -0.15) is 0 Å². The summed E-state index contributed by atoms with van der Waals surface area (Å²) in [6.45, 7) is 1.70. The van der Waals surface area contributed by atoms with Crippen LogP contribution < -0.4 is 4.74 Å². The lowest BCUT2D eigenvalue weighted by Crippen LogP contribution is -1.98. The van der Waals surface area contributed by atoms with Crippen molar-refractivity contribution in [3.63, 3.8) is 0 Å². The van der Waals surface area contributed by atoms with Crippen LogP contribution in [0.4, 0.5) is 10.1 Å². The minimum absolute atomic E-state index is 0.0525. The average Bonchev–Trinajstić information content (AvgIpc) is 2.41. The molecule has 2 rings (SSSR count). The molecular weight excluding hydrogens is 285 g/mol. The number of non-ortho nitro benzene ring substituents is 1. The van der Waals surface area contributed by atoms with Crippen LogP contribution in [0.25, 0.3) is 0 Å². The molecule has 4 nitrogen and oxygen atoms in total. The number of benzene rings is 2. The zero-order valence-corrected chi connectivity index (χ0v) is 11.4. The summed E-state index contributed by atoms with van der Waals surface area (Å²) in [5, 5.41) is 11.1. The van der Waals surface area contributed by atoms with E-state index >= 15 is 0 Å². The molecule has 0 aliphatic heterocycles. The molecule has 0 saturated heterocycles. The van der Waals surface area contributed by atoms with Gasteiger partial charge in [0, 0.05) is 22.7 Å². The van der Waals surface area contributed by atoms with E-state index in [-0.39, 0.29) is 18.1 Å². The Kier molecular flexibility index (Phi) is 4.20. The van der Waals surface area contributed by atoms with Crippen LogP contribution in [0, 0.1) is 22.9 Å². The summed E-state index contributed by atoms with van der Waals surface area (Å²) in [6, 6.07) is 8.49. The van der Waals surface area contributed by atoms with Crippen LogP contribution in [0.5, 0.6) is 5.75 Å². The maximum absolute atomic E-state index is 13.1. The van der Waals surface area contributed by atoms with Gasteiger partial charge in [-0.3, -0.25) is 10.1 Å². The van der Waals surface area contributed by atoms with Gasteiger partial charge in [0.05, 0.1) is 4.92 Å². The Morgan fingerprint density at radius 1 is 1.30 bits per heavy atom. The zero-order valence-electron chi connectivity index (χ0n) is 10.6. The average molecular weight is 296 g/mol. The van der Waals surface area contributed by atoms with E-state index in [4.69, 9.17) is 16.3 Å². The highest BCUT2D eigenvalue weighted by Crippen LogP contribution is 2.24. The molecule has 2 aromatic rings. The van der Waals surface area contributed by atoms with Gasteiger partial charge in [-0.1, -0.05) is 11.6 Å². The second kappa shape index (κ2) is 5.88. The normalized spacial score (nSPS) is 10.3. The molecule has 2 aromatic carbocycles. The summed E-state index contributed by atoms with van der Waals surface area (Å²) < 4.78 is 18.6. The van der Waals surface area contributed by atoms with Gasteiger partial charge >= 0.3 is 0 Å². The van der Waals surface area contributed by atoms with Crippen LogP contribution in [-0.2, 0) is 6.61 Å². The first kappa shape index (κ1) is 14.3. The lowest BCUT2D eigenvalue weighted by molar-refractivity contribution is -0.384. The van der Waals surface area contributed by atoms with E-state index < -0.39 is 4.92 Å². The Morgan fingerprint density at radius 2 is 2.05 bits per heavy atom. The van der Waals surface area contributed by atoms with Crippen molar-refractivity contribution in [2.75, 3.05) is 0 Å². The Labute approximate surface area is 119 Å². The Morgan fingerprint density at radius 3 is 2.70 bits per heavy atom. The first-order valence-corrected chi connectivity index (χ1v) is 6.17. The van der Waals surface area contributed by atoms with Gasteiger partial charge in [-0.15, -0.1) is 0 Å². The van der Waals surface area contributed by atoms with E-state index in [0.29, 0.717) is 21.9 Å². The van der Waals surface area contributed by atoms with Crippen molar-refractivity contribution in [2.24, 2.45) is 0 Å². The van der Waals surface area contributed by atoms with Crippen LogP contribution in [0.15, 0.2) is 36.4 Å². The molecule has 0 unspecified atom stereocenters. The first-order chi connectivity index (χ1) is 9.47. The van der Waals surface area contributed by atoms with E-state index in [2.05, 4.69) is 0 Å². The van der Waals surface area contributed by atoms with E-state index in [1.54, 1.807) is 13.0 Å². The summed E-state index contributed by atoms with van der Waals surface area (Å²) in [4.78, 5) is 10.2. The Hall–Kier alpha value is -2.14. The monoisotopic (exact) mass is 295 g/mol. The van der Waals surface area contributed by atoms with Crippen LogP contribution in [0.3, 0.4) is 0 Å². The molecule has 20 heavy (non-hydrogen) atoms. The molecule has 0 fully saturated rings. The highest BCUT2D eigenvalue weighted by atomic mass is 35.5. The minimum Gasteiger partial charge on any atom is -0.489 e. The molecule has 0 aliphatic carbocycles. The zero-order chi connectivity index (χ0) is 14.7. The largest absolute Gasteiger partial charge is 0.489 e. The maximum atomic E-state index is 13.1. The number of nitro groups is 1. The lowest BCUT2D eigenvalue weighted by atomic mass is 10.2. The Bertz CT molecular complexity index is 661. The number of rotatable bonds is 4. The van der Waals surface area contributed by atoms with Crippen LogP contribution in [-0.4, -0.2) is 4.92 Å². The second-order valence-corrected chi connectivity index (χ2v) is 4.64. The van der Waals surface area contributed by atoms with Crippen molar-refractivity contribution in [2.45, 2.75) is 13.5 Å². The molecule has 0 saturated carbocycles. The molecule has 0 N–H and O–H groups in total. The van der Waals surface area contributed by atoms with Crippen LogP contribution in [0.2, 0.25) is 5.02 Å². The molecule has 0 bridgehead atoms. The molecular formula is C14H11ClFNO3. The summed E-state index contributed by atoms with van der Waals surface area (Å²) in [6.07, 6.45) is 0. The molecule has 6 heteroatoms. The third-order valence-corrected chi connectivity index (χ3v) is 3.13. The van der Waals surface area contributed by atoms with Gasteiger partial charge in [0.25, 0.3) is 5.69 Å². The van der Waals surface area contributed by atoms with Gasteiger partial charge < -0.3 is 4.74 Å². The topological polar surface area (TPSA) is 52.4 Å². The van der Waals surface area contributed by atoms with Gasteiger partial charge in [-0.05, 0) is 36.8 Å². The first-order valence-electron chi connectivity index (χ1n) is 5.79. The van der Waals surface area contributed by atoms with Gasteiger partial charge in [-0.25, -0.2) is 4.39 Å². The molecule has 0 radical (unpaired) electrons. The van der Waals surface area contributed by atoms with Crippen molar-refractivity contribution in [1.82, 2.24) is 0 Å². The predicted molar refractivity (Wildman–Crippen MR) is 73.6 cm³/mol. The summed E-state index contributed by atoms with van der Waals surface area (Å²) >= 11 is 5.96. The van der Waals surface area contributed by atoms with E-state index in [9.17, 15) is 14.5 Å². The summed E-state index contributed by atoms with van der Waals surface area (Å²) in [7, 11) is 0. The van der Waals surface area contributed by atoms with E-state index in [1.165, 1.54) is 30.3 Å². The highest BCUT2D eigenvalue weighted by molar-refractivity contribution is 6.31. The van der Waals surface area contributed by atoms with Crippen LogP contribution >= 0.6 is 11.6 Å².